The summed E-state index contributed by atoms with van der Waals surface area (Å²) in [5.74, 6) is 1.60. The predicted octanol–water partition coefficient (Wildman–Crippen LogP) is 1.01. The van der Waals surface area contributed by atoms with Gasteiger partial charge in [-0.05, 0) is 26.4 Å². The third kappa shape index (κ3) is 2.47. The van der Waals surface area contributed by atoms with E-state index in [0.717, 1.165) is 26.1 Å². The lowest BCUT2D eigenvalue weighted by molar-refractivity contribution is -0.116. The molecule has 0 bridgehead atoms. The Hall–Kier alpha value is -1.23. The van der Waals surface area contributed by atoms with Gasteiger partial charge in [-0.3, -0.25) is 4.79 Å². The maximum atomic E-state index is 10.9. The highest BCUT2D eigenvalue weighted by Gasteiger charge is 2.27. The zero-order valence-electron chi connectivity index (χ0n) is 9.77. The number of nitrogens with zero attached hydrogens (tertiary/aromatic N) is 3. The molecule has 1 saturated heterocycles. The van der Waals surface area contributed by atoms with Gasteiger partial charge in [0.25, 0.3) is 0 Å². The third-order valence-electron chi connectivity index (χ3n) is 2.96. The number of hydrogen-bond acceptors (Lipinski definition) is 5. The highest BCUT2D eigenvalue weighted by atomic mass is 16.5. The summed E-state index contributed by atoms with van der Waals surface area (Å²) in [6.45, 7) is 6.82. The third-order valence-corrected chi connectivity index (χ3v) is 2.96. The van der Waals surface area contributed by atoms with E-state index in [1.54, 1.807) is 0 Å². The van der Waals surface area contributed by atoms with Crippen LogP contribution in [0, 0.1) is 0 Å². The molecule has 88 valence electrons. The summed E-state index contributed by atoms with van der Waals surface area (Å²) in [6.07, 6.45) is 1.34. The molecule has 0 spiro atoms. The van der Waals surface area contributed by atoms with E-state index >= 15 is 0 Å². The molecule has 1 aromatic rings. The lowest BCUT2D eigenvalue weighted by Crippen LogP contribution is -2.19. The van der Waals surface area contributed by atoms with Crippen LogP contribution in [0.5, 0.6) is 0 Å². The van der Waals surface area contributed by atoms with Crippen molar-refractivity contribution in [3.05, 3.63) is 11.7 Å². The smallest absolute Gasteiger partial charge is 0.231 e. The van der Waals surface area contributed by atoms with Crippen LogP contribution in [-0.4, -0.2) is 40.5 Å². The number of likely N-dealkylation sites (N-methyl/N-ethyl adjacent to an activating group) is 1. The van der Waals surface area contributed by atoms with E-state index < -0.39 is 0 Å². The van der Waals surface area contributed by atoms with E-state index in [1.165, 1.54) is 6.92 Å². The summed E-state index contributed by atoms with van der Waals surface area (Å²) in [6, 6.07) is 0. The Kier molecular flexibility index (Phi) is 3.33. The van der Waals surface area contributed by atoms with Crippen LogP contribution in [0.2, 0.25) is 0 Å². The van der Waals surface area contributed by atoms with Crippen LogP contribution >= 0.6 is 0 Å². The molecule has 1 aromatic heterocycles. The predicted molar refractivity (Wildman–Crippen MR) is 58.2 cm³/mol. The minimum absolute atomic E-state index is 0.0638. The van der Waals surface area contributed by atoms with Gasteiger partial charge in [-0.15, -0.1) is 0 Å². The lowest BCUT2D eigenvalue weighted by atomic mass is 10.1. The number of ketones is 1. The monoisotopic (exact) mass is 223 g/mol. The van der Waals surface area contributed by atoms with Crippen molar-refractivity contribution < 1.29 is 9.32 Å². The van der Waals surface area contributed by atoms with Crippen molar-refractivity contribution in [3.63, 3.8) is 0 Å². The van der Waals surface area contributed by atoms with Gasteiger partial charge < -0.3 is 9.42 Å². The number of hydrogen-bond donors (Lipinski definition) is 0. The van der Waals surface area contributed by atoms with Crippen molar-refractivity contribution in [3.8, 4) is 0 Å². The minimum Gasteiger partial charge on any atom is -0.339 e. The maximum Gasteiger partial charge on any atom is 0.231 e. The van der Waals surface area contributed by atoms with Gasteiger partial charge in [-0.2, -0.15) is 4.98 Å². The number of Topliss-reactive ketones (excluding diaryl/α,β-unsaturated/α-hetero) is 1. The van der Waals surface area contributed by atoms with Crippen LogP contribution in [-0.2, 0) is 11.2 Å². The van der Waals surface area contributed by atoms with Crippen LogP contribution < -0.4 is 0 Å². The molecule has 0 amide bonds. The van der Waals surface area contributed by atoms with Gasteiger partial charge in [0.05, 0.1) is 12.3 Å². The van der Waals surface area contributed by atoms with Gasteiger partial charge in [0.2, 0.25) is 5.89 Å². The summed E-state index contributed by atoms with van der Waals surface area (Å²) in [7, 11) is 0. The van der Waals surface area contributed by atoms with Crippen molar-refractivity contribution in [2.45, 2.75) is 32.6 Å². The molecule has 0 radical (unpaired) electrons. The van der Waals surface area contributed by atoms with E-state index in [0.29, 0.717) is 17.6 Å². The second kappa shape index (κ2) is 4.74. The standard InChI is InChI=1S/C11H17N3O2/c1-3-14-5-4-9(7-14)11-12-10(13-16-11)6-8(2)15/h9H,3-7H2,1-2H3. The molecule has 5 heteroatoms. The molecule has 16 heavy (non-hydrogen) atoms. The number of rotatable bonds is 4. The highest BCUT2D eigenvalue weighted by Crippen LogP contribution is 2.25. The van der Waals surface area contributed by atoms with Crippen LogP contribution in [0.4, 0.5) is 0 Å². The first-order chi connectivity index (χ1) is 7.69. The fourth-order valence-electron chi connectivity index (χ4n) is 2.05. The van der Waals surface area contributed by atoms with E-state index in [2.05, 4.69) is 22.0 Å². The second-order valence-corrected chi connectivity index (χ2v) is 4.31. The van der Waals surface area contributed by atoms with E-state index in [1.807, 2.05) is 0 Å². The van der Waals surface area contributed by atoms with Crippen LogP contribution in [0.25, 0.3) is 0 Å². The van der Waals surface area contributed by atoms with Crippen molar-refractivity contribution >= 4 is 5.78 Å². The van der Waals surface area contributed by atoms with Gasteiger partial charge in [0.15, 0.2) is 5.82 Å². The number of likely N-dealkylation sites (tertiary alicyclic amines) is 1. The average Bonchev–Trinajstić information content (AvgIpc) is 2.83. The molecule has 0 N–H and O–H groups in total. The first kappa shape index (κ1) is 11.3. The molecular formula is C11H17N3O2. The average molecular weight is 223 g/mol. The van der Waals surface area contributed by atoms with Crippen LogP contribution in [0.1, 0.15) is 37.9 Å². The van der Waals surface area contributed by atoms with Crippen molar-refractivity contribution in [2.24, 2.45) is 0 Å². The Morgan fingerprint density at radius 2 is 2.44 bits per heavy atom. The molecule has 5 nitrogen and oxygen atoms in total. The number of carbonyl (C=O) groups is 1. The molecule has 0 aromatic carbocycles. The Morgan fingerprint density at radius 1 is 1.62 bits per heavy atom. The number of carbonyl (C=O) groups excluding carboxylic acids is 1. The van der Waals surface area contributed by atoms with E-state index in [4.69, 9.17) is 4.52 Å². The Labute approximate surface area is 94.8 Å². The van der Waals surface area contributed by atoms with Gasteiger partial charge in [-0.25, -0.2) is 0 Å². The topological polar surface area (TPSA) is 59.2 Å². The Bertz CT molecular complexity index is 375. The first-order valence-electron chi connectivity index (χ1n) is 5.73. The molecular weight excluding hydrogens is 206 g/mol. The van der Waals surface area contributed by atoms with Gasteiger partial charge in [0.1, 0.15) is 5.78 Å². The molecule has 2 heterocycles. The lowest BCUT2D eigenvalue weighted by Gasteiger charge is -2.10. The normalized spacial score (nSPS) is 21.5. The van der Waals surface area contributed by atoms with Gasteiger partial charge in [-0.1, -0.05) is 12.1 Å². The summed E-state index contributed by atoms with van der Waals surface area (Å²) < 4.78 is 5.20. The Morgan fingerprint density at radius 3 is 3.06 bits per heavy atom. The van der Waals surface area contributed by atoms with E-state index in [9.17, 15) is 4.79 Å². The fourth-order valence-corrected chi connectivity index (χ4v) is 2.05. The summed E-state index contributed by atoms with van der Waals surface area (Å²) >= 11 is 0. The molecule has 2 rings (SSSR count). The number of aromatic nitrogens is 2. The molecule has 1 fully saturated rings. The quantitative estimate of drug-likeness (QED) is 0.762. The zero-order valence-corrected chi connectivity index (χ0v) is 9.77. The van der Waals surface area contributed by atoms with Crippen molar-refractivity contribution in [2.75, 3.05) is 19.6 Å². The van der Waals surface area contributed by atoms with Gasteiger partial charge in [0, 0.05) is 6.54 Å². The zero-order chi connectivity index (χ0) is 11.5. The second-order valence-electron chi connectivity index (χ2n) is 4.31. The molecule has 1 aliphatic rings. The SMILES string of the molecule is CCN1CCC(c2nc(CC(C)=O)no2)C1. The molecule has 1 atom stereocenters. The molecule has 0 saturated carbocycles. The van der Waals surface area contributed by atoms with Crippen molar-refractivity contribution in [1.29, 1.82) is 0 Å². The summed E-state index contributed by atoms with van der Waals surface area (Å²) in [4.78, 5) is 17.5. The van der Waals surface area contributed by atoms with Gasteiger partial charge >= 0.3 is 0 Å². The fraction of sp³-hybridized carbons (Fsp3) is 0.727. The summed E-state index contributed by atoms with van der Waals surface area (Å²) in [5.41, 5.74) is 0. The summed E-state index contributed by atoms with van der Waals surface area (Å²) in [5, 5.41) is 3.83. The Balaban J connectivity index is 1.99. The largest absolute Gasteiger partial charge is 0.339 e. The minimum atomic E-state index is 0.0638. The maximum absolute atomic E-state index is 10.9. The molecule has 1 unspecified atom stereocenters. The molecule has 0 aliphatic carbocycles. The molecule has 1 aliphatic heterocycles. The van der Waals surface area contributed by atoms with Crippen LogP contribution in [0.3, 0.4) is 0 Å². The van der Waals surface area contributed by atoms with E-state index in [-0.39, 0.29) is 12.2 Å². The van der Waals surface area contributed by atoms with Crippen molar-refractivity contribution in [1.82, 2.24) is 15.0 Å². The first-order valence-corrected chi connectivity index (χ1v) is 5.73. The highest BCUT2D eigenvalue weighted by molar-refractivity contribution is 5.77. The van der Waals surface area contributed by atoms with Crippen LogP contribution in [0.15, 0.2) is 4.52 Å².